The third-order valence-electron chi connectivity index (χ3n) is 4.27. The molecule has 2 aromatic rings. The van der Waals surface area contributed by atoms with Crippen molar-refractivity contribution in [3.8, 4) is 0 Å². The van der Waals surface area contributed by atoms with Crippen LogP contribution in [0.15, 0.2) is 48.7 Å². The molecule has 2 N–H and O–H groups in total. The zero-order valence-electron chi connectivity index (χ0n) is 13.0. The summed E-state index contributed by atoms with van der Waals surface area (Å²) >= 11 is 0. The first-order valence-corrected chi connectivity index (χ1v) is 8.01. The maximum absolute atomic E-state index is 13.2. The van der Waals surface area contributed by atoms with E-state index in [0.717, 1.165) is 31.9 Å². The van der Waals surface area contributed by atoms with Crippen LogP contribution >= 0.6 is 0 Å². The fourth-order valence-electron chi connectivity index (χ4n) is 3.03. The van der Waals surface area contributed by atoms with Gasteiger partial charge in [0, 0.05) is 25.8 Å². The van der Waals surface area contributed by atoms with E-state index in [-0.39, 0.29) is 5.82 Å². The number of nitrogens with one attached hydrogen (secondary N) is 1. The molecule has 0 spiro atoms. The Bertz CT molecular complexity index is 623. The van der Waals surface area contributed by atoms with E-state index in [4.69, 9.17) is 0 Å². The molecule has 0 unspecified atom stereocenters. The van der Waals surface area contributed by atoms with Crippen molar-refractivity contribution in [1.82, 2.24) is 9.88 Å². The molecule has 122 valence electrons. The second kappa shape index (κ2) is 7.53. The minimum absolute atomic E-state index is 0.305. The Hall–Kier alpha value is -1.98. The number of aliphatic hydroxyl groups excluding tert-OH is 1. The number of benzene rings is 1. The monoisotopic (exact) mass is 315 g/mol. The average molecular weight is 315 g/mol. The zero-order chi connectivity index (χ0) is 16.1. The summed E-state index contributed by atoms with van der Waals surface area (Å²) in [5, 5.41) is 13.6. The van der Waals surface area contributed by atoms with Gasteiger partial charge >= 0.3 is 0 Å². The van der Waals surface area contributed by atoms with E-state index in [2.05, 4.69) is 15.2 Å². The van der Waals surface area contributed by atoms with E-state index in [1.54, 1.807) is 18.3 Å². The summed E-state index contributed by atoms with van der Waals surface area (Å²) in [6, 6.07) is 12.0. The van der Waals surface area contributed by atoms with Crippen LogP contribution in [0.2, 0.25) is 0 Å². The Morgan fingerprint density at radius 2 is 2.22 bits per heavy atom. The Morgan fingerprint density at radius 1 is 1.30 bits per heavy atom. The lowest BCUT2D eigenvalue weighted by Crippen LogP contribution is -2.27. The molecule has 1 aromatic carbocycles. The summed E-state index contributed by atoms with van der Waals surface area (Å²) < 4.78 is 13.2. The molecular weight excluding hydrogens is 293 g/mol. The van der Waals surface area contributed by atoms with Gasteiger partial charge in [-0.3, -0.25) is 0 Å². The first kappa shape index (κ1) is 15.9. The number of halogens is 1. The van der Waals surface area contributed by atoms with Gasteiger partial charge in [-0.25, -0.2) is 9.37 Å². The Balaban J connectivity index is 1.46. The van der Waals surface area contributed by atoms with Crippen molar-refractivity contribution in [2.75, 3.05) is 31.5 Å². The number of likely N-dealkylation sites (tertiary alicyclic amines) is 1. The average Bonchev–Trinajstić information content (AvgIpc) is 3.01. The number of rotatable bonds is 6. The topological polar surface area (TPSA) is 48.4 Å². The van der Waals surface area contributed by atoms with E-state index in [1.807, 2.05) is 18.2 Å². The van der Waals surface area contributed by atoms with Crippen molar-refractivity contribution in [3.63, 3.8) is 0 Å². The van der Waals surface area contributed by atoms with Crippen LogP contribution in [-0.2, 0) is 0 Å². The number of hydrogen-bond acceptors (Lipinski definition) is 4. The fraction of sp³-hybridized carbons (Fsp3) is 0.389. The number of β-amino-alcohol motifs (C(OH)–C–C–N with tert-alkyl or cyclic N) is 1. The summed E-state index contributed by atoms with van der Waals surface area (Å²) in [4.78, 5) is 6.49. The Kier molecular flexibility index (Phi) is 5.20. The van der Waals surface area contributed by atoms with E-state index in [0.29, 0.717) is 18.0 Å². The van der Waals surface area contributed by atoms with Crippen LogP contribution in [0.5, 0.6) is 0 Å². The quantitative estimate of drug-likeness (QED) is 0.860. The molecule has 1 aromatic heterocycles. The smallest absolute Gasteiger partial charge is 0.125 e. The summed E-state index contributed by atoms with van der Waals surface area (Å²) in [5.41, 5.74) is 0.639. The highest BCUT2D eigenvalue weighted by Gasteiger charge is 2.24. The normalized spacial score (nSPS) is 19.7. The molecule has 1 aliphatic rings. The molecule has 0 saturated carbocycles. The van der Waals surface area contributed by atoms with Crippen molar-refractivity contribution < 1.29 is 9.50 Å². The summed E-state index contributed by atoms with van der Waals surface area (Å²) in [6.45, 7) is 3.32. The first-order chi connectivity index (χ1) is 11.2. The van der Waals surface area contributed by atoms with E-state index in [9.17, 15) is 9.50 Å². The number of aliphatic hydroxyl groups is 1. The SMILES string of the molecule is O[C@H](CN1CC[C@H](CNc2ccccn2)C1)c1cccc(F)c1. The molecule has 1 aliphatic heterocycles. The second-order valence-electron chi connectivity index (χ2n) is 6.08. The molecule has 0 radical (unpaired) electrons. The van der Waals surface area contributed by atoms with Gasteiger partial charge in [-0.05, 0) is 48.7 Å². The van der Waals surface area contributed by atoms with Crippen LogP contribution in [-0.4, -0.2) is 41.2 Å². The molecule has 5 heteroatoms. The van der Waals surface area contributed by atoms with Gasteiger partial charge in [0.2, 0.25) is 0 Å². The highest BCUT2D eigenvalue weighted by atomic mass is 19.1. The highest BCUT2D eigenvalue weighted by molar-refractivity contribution is 5.33. The van der Waals surface area contributed by atoms with Gasteiger partial charge in [0.05, 0.1) is 6.10 Å². The van der Waals surface area contributed by atoms with Crippen molar-refractivity contribution >= 4 is 5.82 Å². The molecular formula is C18H22FN3O. The molecule has 2 atom stereocenters. The molecule has 1 saturated heterocycles. The van der Waals surface area contributed by atoms with Gasteiger partial charge < -0.3 is 15.3 Å². The largest absolute Gasteiger partial charge is 0.387 e. The molecule has 0 aliphatic carbocycles. The van der Waals surface area contributed by atoms with E-state index < -0.39 is 6.10 Å². The van der Waals surface area contributed by atoms with Crippen molar-refractivity contribution in [1.29, 1.82) is 0 Å². The van der Waals surface area contributed by atoms with Gasteiger partial charge in [0.25, 0.3) is 0 Å². The molecule has 3 rings (SSSR count). The number of hydrogen-bond donors (Lipinski definition) is 2. The van der Waals surface area contributed by atoms with Gasteiger partial charge in [-0.1, -0.05) is 18.2 Å². The van der Waals surface area contributed by atoms with Crippen LogP contribution in [0, 0.1) is 11.7 Å². The first-order valence-electron chi connectivity index (χ1n) is 8.01. The second-order valence-corrected chi connectivity index (χ2v) is 6.08. The molecule has 23 heavy (non-hydrogen) atoms. The predicted molar refractivity (Wildman–Crippen MR) is 88.6 cm³/mol. The number of nitrogens with zero attached hydrogens (tertiary/aromatic N) is 2. The van der Waals surface area contributed by atoms with E-state index >= 15 is 0 Å². The number of anilines is 1. The standard InChI is InChI=1S/C18H22FN3O/c19-16-5-3-4-15(10-16)17(23)13-22-9-7-14(12-22)11-21-18-6-1-2-8-20-18/h1-6,8,10,14,17,23H,7,9,11-13H2,(H,20,21)/t14-,17-/m1/s1. The van der Waals surface area contributed by atoms with Gasteiger partial charge in [-0.2, -0.15) is 0 Å². The van der Waals surface area contributed by atoms with Crippen molar-refractivity contribution in [2.24, 2.45) is 5.92 Å². The maximum atomic E-state index is 13.2. The molecule has 2 heterocycles. The van der Waals surface area contributed by atoms with Crippen LogP contribution < -0.4 is 5.32 Å². The minimum Gasteiger partial charge on any atom is -0.387 e. The molecule has 4 nitrogen and oxygen atoms in total. The minimum atomic E-state index is -0.645. The number of aromatic nitrogens is 1. The lowest BCUT2D eigenvalue weighted by atomic mass is 10.1. The van der Waals surface area contributed by atoms with Crippen molar-refractivity contribution in [2.45, 2.75) is 12.5 Å². The summed E-state index contributed by atoms with van der Waals surface area (Å²) in [7, 11) is 0. The Labute approximate surface area is 136 Å². The molecule has 0 bridgehead atoms. The third kappa shape index (κ3) is 4.50. The summed E-state index contributed by atoms with van der Waals surface area (Å²) in [5.74, 6) is 1.13. The zero-order valence-corrected chi connectivity index (χ0v) is 13.0. The number of pyridine rings is 1. The van der Waals surface area contributed by atoms with Crippen LogP contribution in [0.3, 0.4) is 0 Å². The van der Waals surface area contributed by atoms with Gasteiger partial charge in [0.15, 0.2) is 0 Å². The third-order valence-corrected chi connectivity index (χ3v) is 4.27. The maximum Gasteiger partial charge on any atom is 0.125 e. The lowest BCUT2D eigenvalue weighted by molar-refractivity contribution is 0.124. The molecule has 1 fully saturated rings. The van der Waals surface area contributed by atoms with E-state index in [1.165, 1.54) is 12.1 Å². The van der Waals surface area contributed by atoms with Gasteiger partial charge in [0.1, 0.15) is 11.6 Å². The van der Waals surface area contributed by atoms with Crippen LogP contribution in [0.1, 0.15) is 18.1 Å². The van der Waals surface area contributed by atoms with Crippen LogP contribution in [0.25, 0.3) is 0 Å². The Morgan fingerprint density at radius 3 is 3.00 bits per heavy atom. The molecule has 0 amide bonds. The highest BCUT2D eigenvalue weighted by Crippen LogP contribution is 2.21. The fourth-order valence-corrected chi connectivity index (χ4v) is 3.03. The van der Waals surface area contributed by atoms with Crippen LogP contribution in [0.4, 0.5) is 10.2 Å². The predicted octanol–water partition coefficient (Wildman–Crippen LogP) is 2.69. The summed E-state index contributed by atoms with van der Waals surface area (Å²) in [6.07, 6.45) is 2.22. The van der Waals surface area contributed by atoms with Crippen molar-refractivity contribution in [3.05, 3.63) is 60.0 Å². The van der Waals surface area contributed by atoms with Gasteiger partial charge in [-0.15, -0.1) is 0 Å². The lowest BCUT2D eigenvalue weighted by Gasteiger charge is -2.20.